The number of anilines is 1. The first-order chi connectivity index (χ1) is 9.74. The van der Waals surface area contributed by atoms with Crippen molar-refractivity contribution in [3.8, 4) is 0 Å². The van der Waals surface area contributed by atoms with Crippen LogP contribution in [0.25, 0.3) is 0 Å². The van der Waals surface area contributed by atoms with Crippen LogP contribution >= 0.6 is 0 Å². The molecule has 0 amide bonds. The lowest BCUT2D eigenvalue weighted by Gasteiger charge is -2.40. The molecule has 5 nitrogen and oxygen atoms in total. The third-order valence-corrected chi connectivity index (χ3v) is 5.17. The van der Waals surface area contributed by atoms with Gasteiger partial charge < -0.3 is 14.6 Å². The van der Waals surface area contributed by atoms with Crippen LogP contribution in [-0.2, 0) is 6.54 Å². The van der Waals surface area contributed by atoms with Crippen molar-refractivity contribution in [1.29, 1.82) is 0 Å². The number of nitrogens with zero attached hydrogens (tertiary/aromatic N) is 3. The van der Waals surface area contributed by atoms with Gasteiger partial charge in [0.05, 0.1) is 6.54 Å². The van der Waals surface area contributed by atoms with Crippen LogP contribution in [0, 0.1) is 5.41 Å². The van der Waals surface area contributed by atoms with Crippen LogP contribution in [0.1, 0.15) is 58.3 Å². The van der Waals surface area contributed by atoms with Crippen LogP contribution in [-0.4, -0.2) is 29.3 Å². The monoisotopic (exact) mass is 278 g/mol. The summed E-state index contributed by atoms with van der Waals surface area (Å²) in [7, 11) is 0. The molecule has 2 fully saturated rings. The Kier molecular flexibility index (Phi) is 3.96. The molecule has 3 rings (SSSR count). The predicted molar refractivity (Wildman–Crippen MR) is 78.6 cm³/mol. The smallest absolute Gasteiger partial charge is 0.318 e. The normalized spacial score (nSPS) is 22.2. The van der Waals surface area contributed by atoms with E-state index in [1.165, 1.54) is 38.5 Å². The summed E-state index contributed by atoms with van der Waals surface area (Å²) in [6.07, 6.45) is 7.58. The fourth-order valence-corrected chi connectivity index (χ4v) is 3.09. The highest BCUT2D eigenvalue weighted by Crippen LogP contribution is 2.38. The van der Waals surface area contributed by atoms with Gasteiger partial charge >= 0.3 is 6.01 Å². The van der Waals surface area contributed by atoms with Crippen LogP contribution in [0.2, 0.25) is 0 Å². The van der Waals surface area contributed by atoms with Gasteiger partial charge in [0.25, 0.3) is 0 Å². The van der Waals surface area contributed by atoms with E-state index in [4.69, 9.17) is 4.42 Å². The van der Waals surface area contributed by atoms with Crippen LogP contribution in [0.5, 0.6) is 0 Å². The van der Waals surface area contributed by atoms with Crippen molar-refractivity contribution in [2.75, 3.05) is 18.0 Å². The first-order valence-electron chi connectivity index (χ1n) is 8.05. The maximum absolute atomic E-state index is 5.78. The van der Waals surface area contributed by atoms with E-state index in [-0.39, 0.29) is 0 Å². The molecular formula is C15H26N4O. The van der Waals surface area contributed by atoms with Crippen molar-refractivity contribution >= 4 is 6.01 Å². The molecule has 5 heteroatoms. The lowest BCUT2D eigenvalue weighted by Crippen LogP contribution is -2.39. The van der Waals surface area contributed by atoms with E-state index in [0.29, 0.717) is 24.0 Å². The highest BCUT2D eigenvalue weighted by molar-refractivity contribution is 5.25. The zero-order chi connectivity index (χ0) is 14.0. The Morgan fingerprint density at radius 1 is 1.20 bits per heavy atom. The van der Waals surface area contributed by atoms with Crippen molar-refractivity contribution < 1.29 is 4.42 Å². The molecule has 1 saturated carbocycles. The minimum absolute atomic E-state index is 0.535. The summed E-state index contributed by atoms with van der Waals surface area (Å²) in [5, 5.41) is 11.8. The Morgan fingerprint density at radius 3 is 2.50 bits per heavy atom. The maximum Gasteiger partial charge on any atom is 0.318 e. The largest absolute Gasteiger partial charge is 0.407 e. The van der Waals surface area contributed by atoms with Crippen molar-refractivity contribution in [3.05, 3.63) is 5.89 Å². The van der Waals surface area contributed by atoms with Crippen molar-refractivity contribution in [2.45, 2.75) is 65.0 Å². The second kappa shape index (κ2) is 5.72. The number of hydrogen-bond donors (Lipinski definition) is 1. The van der Waals surface area contributed by atoms with Gasteiger partial charge in [0.2, 0.25) is 5.89 Å². The molecule has 1 N–H and O–H groups in total. The summed E-state index contributed by atoms with van der Waals surface area (Å²) in [5.74, 6) is 0.717. The van der Waals surface area contributed by atoms with Gasteiger partial charge in [-0.3, -0.25) is 0 Å². The maximum atomic E-state index is 5.78. The van der Waals surface area contributed by atoms with E-state index < -0.39 is 0 Å². The van der Waals surface area contributed by atoms with Crippen LogP contribution < -0.4 is 10.2 Å². The quantitative estimate of drug-likeness (QED) is 0.867. The van der Waals surface area contributed by atoms with E-state index >= 15 is 0 Å². The minimum atomic E-state index is 0.535. The Hall–Kier alpha value is -1.10. The second-order valence-corrected chi connectivity index (χ2v) is 6.33. The molecule has 0 radical (unpaired) electrons. The SMILES string of the molecule is CCC1(CC)CCN(c2nnc(CNC3CC3)o2)CC1. The first kappa shape index (κ1) is 13.9. The molecule has 1 saturated heterocycles. The predicted octanol–water partition coefficient (Wildman–Crippen LogP) is 2.73. The van der Waals surface area contributed by atoms with Gasteiger partial charge in [0.1, 0.15) is 0 Å². The Balaban J connectivity index is 1.54. The molecule has 20 heavy (non-hydrogen) atoms. The summed E-state index contributed by atoms with van der Waals surface area (Å²) in [6, 6.07) is 1.38. The highest BCUT2D eigenvalue weighted by Gasteiger charge is 2.32. The minimum Gasteiger partial charge on any atom is -0.407 e. The molecule has 1 aliphatic heterocycles. The van der Waals surface area contributed by atoms with Gasteiger partial charge in [0, 0.05) is 19.1 Å². The summed E-state index contributed by atoms with van der Waals surface area (Å²) < 4.78 is 5.78. The van der Waals surface area contributed by atoms with E-state index in [0.717, 1.165) is 19.0 Å². The summed E-state index contributed by atoms with van der Waals surface area (Å²) in [6.45, 7) is 7.42. The standard InChI is InChI=1S/C15H26N4O/c1-3-15(4-2)7-9-19(10-8-15)14-18-17-13(20-14)11-16-12-5-6-12/h12,16H,3-11H2,1-2H3. The fourth-order valence-electron chi connectivity index (χ4n) is 3.09. The number of nitrogens with one attached hydrogen (secondary N) is 1. The number of hydrogen-bond acceptors (Lipinski definition) is 5. The topological polar surface area (TPSA) is 54.2 Å². The molecule has 0 bridgehead atoms. The summed E-state index contributed by atoms with van der Waals surface area (Å²) >= 11 is 0. The van der Waals surface area contributed by atoms with Crippen molar-refractivity contribution in [1.82, 2.24) is 15.5 Å². The number of aromatic nitrogens is 2. The lowest BCUT2D eigenvalue weighted by atomic mass is 9.74. The zero-order valence-electron chi connectivity index (χ0n) is 12.7. The van der Waals surface area contributed by atoms with E-state index in [9.17, 15) is 0 Å². The summed E-state index contributed by atoms with van der Waals surface area (Å²) in [4.78, 5) is 2.25. The lowest BCUT2D eigenvalue weighted by molar-refractivity contribution is 0.196. The molecule has 2 heterocycles. The van der Waals surface area contributed by atoms with Gasteiger partial charge in [-0.1, -0.05) is 31.8 Å². The molecule has 1 aromatic heterocycles. The Bertz CT molecular complexity index is 427. The van der Waals surface area contributed by atoms with Crippen molar-refractivity contribution in [2.24, 2.45) is 5.41 Å². The van der Waals surface area contributed by atoms with Gasteiger partial charge in [0.15, 0.2) is 0 Å². The Labute approximate surface area is 121 Å². The average Bonchev–Trinajstić information content (AvgIpc) is 3.22. The second-order valence-electron chi connectivity index (χ2n) is 6.33. The molecule has 2 aliphatic rings. The van der Waals surface area contributed by atoms with Crippen molar-refractivity contribution in [3.63, 3.8) is 0 Å². The third-order valence-electron chi connectivity index (χ3n) is 5.17. The van der Waals surface area contributed by atoms with E-state index in [1.54, 1.807) is 0 Å². The van der Waals surface area contributed by atoms with Gasteiger partial charge in [-0.2, -0.15) is 0 Å². The first-order valence-corrected chi connectivity index (χ1v) is 8.05. The molecule has 112 valence electrons. The molecule has 0 unspecified atom stereocenters. The molecule has 0 atom stereocenters. The van der Waals surface area contributed by atoms with Gasteiger partial charge in [-0.25, -0.2) is 0 Å². The Morgan fingerprint density at radius 2 is 1.90 bits per heavy atom. The van der Waals surface area contributed by atoms with Crippen LogP contribution in [0.4, 0.5) is 6.01 Å². The van der Waals surface area contributed by atoms with Gasteiger partial charge in [-0.15, -0.1) is 5.10 Å². The number of rotatable bonds is 6. The fraction of sp³-hybridized carbons (Fsp3) is 0.867. The zero-order valence-corrected chi connectivity index (χ0v) is 12.7. The highest BCUT2D eigenvalue weighted by atomic mass is 16.4. The number of piperidine rings is 1. The molecule has 0 spiro atoms. The van der Waals surface area contributed by atoms with Crippen LogP contribution in [0.3, 0.4) is 0 Å². The molecular weight excluding hydrogens is 252 g/mol. The average molecular weight is 278 g/mol. The third kappa shape index (κ3) is 2.97. The van der Waals surface area contributed by atoms with Gasteiger partial charge in [-0.05, 0) is 31.1 Å². The van der Waals surface area contributed by atoms with E-state index in [2.05, 4.69) is 34.3 Å². The molecule has 1 aromatic rings. The molecule has 1 aliphatic carbocycles. The molecule has 0 aromatic carbocycles. The van der Waals surface area contributed by atoms with Crippen LogP contribution in [0.15, 0.2) is 4.42 Å². The van der Waals surface area contributed by atoms with E-state index in [1.807, 2.05) is 0 Å². The summed E-state index contributed by atoms with van der Waals surface area (Å²) in [5.41, 5.74) is 0.535.